The van der Waals surface area contributed by atoms with E-state index in [0.29, 0.717) is 5.41 Å². The van der Waals surface area contributed by atoms with Gasteiger partial charge in [-0.1, -0.05) is 59.8 Å². The van der Waals surface area contributed by atoms with Crippen molar-refractivity contribution in [3.63, 3.8) is 0 Å². The SMILES string of the molecule is CC(C)C(C)(C)C1CCCCCCC1. The van der Waals surface area contributed by atoms with Crippen LogP contribution in [-0.4, -0.2) is 0 Å². The fourth-order valence-corrected chi connectivity index (χ4v) is 2.67. The number of hydrogen-bond acceptors (Lipinski definition) is 0. The second-order valence-corrected chi connectivity index (χ2v) is 6.02. The number of rotatable bonds is 2. The molecule has 0 heterocycles. The van der Waals surface area contributed by atoms with Crippen molar-refractivity contribution in [3.8, 4) is 0 Å². The van der Waals surface area contributed by atoms with Gasteiger partial charge in [-0.3, -0.25) is 0 Å². The van der Waals surface area contributed by atoms with Gasteiger partial charge in [0.15, 0.2) is 0 Å². The van der Waals surface area contributed by atoms with E-state index in [2.05, 4.69) is 27.7 Å². The highest BCUT2D eigenvalue weighted by Crippen LogP contribution is 2.41. The van der Waals surface area contributed by atoms with Crippen LogP contribution in [0.2, 0.25) is 0 Å². The van der Waals surface area contributed by atoms with Crippen LogP contribution in [0.15, 0.2) is 0 Å². The smallest absolute Gasteiger partial charge is 0.0303 e. The van der Waals surface area contributed by atoms with E-state index in [4.69, 9.17) is 0 Å². The summed E-state index contributed by atoms with van der Waals surface area (Å²) in [6.07, 6.45) is 10.3. The molecule has 0 nitrogen and oxygen atoms in total. The zero-order valence-electron chi connectivity index (χ0n) is 10.6. The first-order chi connectivity index (χ1) is 6.55. The third kappa shape index (κ3) is 3.00. The Bertz CT molecular complexity index is 147. The Morgan fingerprint density at radius 3 is 1.71 bits per heavy atom. The van der Waals surface area contributed by atoms with Gasteiger partial charge in [0.25, 0.3) is 0 Å². The molecule has 14 heavy (non-hydrogen) atoms. The summed E-state index contributed by atoms with van der Waals surface area (Å²) in [6, 6.07) is 0. The average Bonchev–Trinajstić information content (AvgIpc) is 2.01. The Balaban J connectivity index is 2.54. The van der Waals surface area contributed by atoms with Gasteiger partial charge in [0.1, 0.15) is 0 Å². The molecule has 0 unspecified atom stereocenters. The molecule has 0 aromatic heterocycles. The van der Waals surface area contributed by atoms with Crippen LogP contribution in [0, 0.1) is 17.3 Å². The van der Waals surface area contributed by atoms with Crippen LogP contribution in [-0.2, 0) is 0 Å². The van der Waals surface area contributed by atoms with Gasteiger partial charge in [-0.2, -0.15) is 0 Å². The van der Waals surface area contributed by atoms with E-state index in [9.17, 15) is 0 Å². The highest BCUT2D eigenvalue weighted by Gasteiger charge is 2.31. The molecule has 0 amide bonds. The van der Waals surface area contributed by atoms with Crippen LogP contribution in [0.1, 0.15) is 72.6 Å². The molecule has 1 aliphatic rings. The molecule has 0 bridgehead atoms. The Kier molecular flexibility index (Phi) is 4.47. The lowest BCUT2D eigenvalue weighted by atomic mass is 9.66. The second-order valence-electron chi connectivity index (χ2n) is 6.02. The first kappa shape index (κ1) is 12.1. The molecule has 0 radical (unpaired) electrons. The van der Waals surface area contributed by atoms with E-state index < -0.39 is 0 Å². The van der Waals surface area contributed by atoms with Gasteiger partial charge in [0.05, 0.1) is 0 Å². The molecule has 0 heteroatoms. The van der Waals surface area contributed by atoms with Gasteiger partial charge >= 0.3 is 0 Å². The van der Waals surface area contributed by atoms with Crippen molar-refractivity contribution in [2.24, 2.45) is 17.3 Å². The van der Waals surface area contributed by atoms with E-state index in [-0.39, 0.29) is 0 Å². The van der Waals surface area contributed by atoms with Crippen molar-refractivity contribution in [2.45, 2.75) is 72.6 Å². The molecule has 0 aliphatic heterocycles. The van der Waals surface area contributed by atoms with Crippen molar-refractivity contribution < 1.29 is 0 Å². The van der Waals surface area contributed by atoms with E-state index in [1.807, 2.05) is 0 Å². The predicted octanol–water partition coefficient (Wildman–Crippen LogP) is 5.03. The summed E-state index contributed by atoms with van der Waals surface area (Å²) in [5.41, 5.74) is 0.553. The molecule has 0 aromatic carbocycles. The molecule has 1 saturated carbocycles. The molecule has 0 N–H and O–H groups in total. The van der Waals surface area contributed by atoms with Gasteiger partial charge in [-0.05, 0) is 30.1 Å². The summed E-state index contributed by atoms with van der Waals surface area (Å²) in [5.74, 6) is 1.80. The Morgan fingerprint density at radius 2 is 1.29 bits per heavy atom. The zero-order valence-corrected chi connectivity index (χ0v) is 10.6. The van der Waals surface area contributed by atoms with E-state index >= 15 is 0 Å². The number of hydrogen-bond donors (Lipinski definition) is 0. The zero-order chi connectivity index (χ0) is 10.6. The maximum atomic E-state index is 2.48. The maximum absolute atomic E-state index is 2.48. The van der Waals surface area contributed by atoms with Crippen molar-refractivity contribution >= 4 is 0 Å². The summed E-state index contributed by atoms with van der Waals surface area (Å²) in [6.45, 7) is 9.73. The summed E-state index contributed by atoms with van der Waals surface area (Å²) >= 11 is 0. The van der Waals surface area contributed by atoms with Gasteiger partial charge in [0.2, 0.25) is 0 Å². The average molecular weight is 196 g/mol. The quantitative estimate of drug-likeness (QED) is 0.581. The minimum Gasteiger partial charge on any atom is -0.0623 e. The minimum absolute atomic E-state index is 0.553. The van der Waals surface area contributed by atoms with Crippen LogP contribution >= 0.6 is 0 Å². The van der Waals surface area contributed by atoms with Crippen molar-refractivity contribution in [3.05, 3.63) is 0 Å². The fourth-order valence-electron chi connectivity index (χ4n) is 2.67. The molecule has 1 fully saturated rings. The first-order valence-corrected chi connectivity index (χ1v) is 6.55. The van der Waals surface area contributed by atoms with E-state index in [0.717, 1.165) is 11.8 Å². The molecule has 84 valence electrons. The largest absolute Gasteiger partial charge is 0.0623 e. The lowest BCUT2D eigenvalue weighted by Gasteiger charge is -2.39. The van der Waals surface area contributed by atoms with Crippen LogP contribution in [0.5, 0.6) is 0 Å². The maximum Gasteiger partial charge on any atom is -0.0303 e. The molecular formula is C14H28. The van der Waals surface area contributed by atoms with Gasteiger partial charge in [-0.15, -0.1) is 0 Å². The minimum atomic E-state index is 0.553. The Hall–Kier alpha value is 0. The summed E-state index contributed by atoms with van der Waals surface area (Å²) < 4.78 is 0. The van der Waals surface area contributed by atoms with Gasteiger partial charge in [-0.25, -0.2) is 0 Å². The molecular weight excluding hydrogens is 168 g/mol. The van der Waals surface area contributed by atoms with Crippen molar-refractivity contribution in [2.75, 3.05) is 0 Å². The van der Waals surface area contributed by atoms with E-state index in [1.165, 1.54) is 44.9 Å². The molecule has 0 spiro atoms. The monoisotopic (exact) mass is 196 g/mol. The Labute approximate surface area is 90.5 Å². The standard InChI is InChI=1S/C14H28/c1-12(2)14(3,4)13-10-8-6-5-7-9-11-13/h12-13H,5-11H2,1-4H3. The van der Waals surface area contributed by atoms with Crippen LogP contribution in [0.25, 0.3) is 0 Å². The molecule has 0 saturated heterocycles. The lowest BCUT2D eigenvalue weighted by Crippen LogP contribution is -2.30. The van der Waals surface area contributed by atoms with Crippen molar-refractivity contribution in [1.29, 1.82) is 0 Å². The summed E-state index contributed by atoms with van der Waals surface area (Å²) in [4.78, 5) is 0. The van der Waals surface area contributed by atoms with Crippen LogP contribution in [0.3, 0.4) is 0 Å². The Morgan fingerprint density at radius 1 is 0.857 bits per heavy atom. The topological polar surface area (TPSA) is 0 Å². The lowest BCUT2D eigenvalue weighted by molar-refractivity contribution is 0.111. The van der Waals surface area contributed by atoms with Crippen molar-refractivity contribution in [1.82, 2.24) is 0 Å². The normalized spacial score (nSPS) is 22.1. The second kappa shape index (κ2) is 5.19. The molecule has 0 atom stereocenters. The third-order valence-corrected chi connectivity index (χ3v) is 4.65. The first-order valence-electron chi connectivity index (χ1n) is 6.55. The summed E-state index contributed by atoms with van der Waals surface area (Å²) in [7, 11) is 0. The highest BCUT2D eigenvalue weighted by molar-refractivity contribution is 4.82. The van der Waals surface area contributed by atoms with Crippen LogP contribution in [0.4, 0.5) is 0 Å². The van der Waals surface area contributed by atoms with Crippen LogP contribution < -0.4 is 0 Å². The molecule has 1 aliphatic carbocycles. The fraction of sp³-hybridized carbons (Fsp3) is 1.00. The van der Waals surface area contributed by atoms with E-state index in [1.54, 1.807) is 0 Å². The van der Waals surface area contributed by atoms with Gasteiger partial charge in [0, 0.05) is 0 Å². The molecule has 0 aromatic rings. The van der Waals surface area contributed by atoms with Gasteiger partial charge < -0.3 is 0 Å². The molecule has 1 rings (SSSR count). The predicted molar refractivity (Wildman–Crippen MR) is 64.4 cm³/mol. The third-order valence-electron chi connectivity index (χ3n) is 4.65. The summed E-state index contributed by atoms with van der Waals surface area (Å²) in [5, 5.41) is 0. The highest BCUT2D eigenvalue weighted by atomic mass is 14.4.